The van der Waals surface area contributed by atoms with Crippen LogP contribution in [0, 0.1) is 0 Å². The molecule has 6 nitrogen and oxygen atoms in total. The number of aliphatic imine (C=N–C) groups is 1. The van der Waals surface area contributed by atoms with Crippen LogP contribution in [0.1, 0.15) is 25.7 Å². The Kier molecular flexibility index (Phi) is 5.75. The van der Waals surface area contributed by atoms with Crippen LogP contribution in [0.2, 0.25) is 0 Å². The summed E-state index contributed by atoms with van der Waals surface area (Å²) in [7, 11) is 0. The molecule has 1 atom stereocenters. The number of hydrogen-bond donors (Lipinski definition) is 1. The summed E-state index contributed by atoms with van der Waals surface area (Å²) >= 11 is 1.36. The van der Waals surface area contributed by atoms with Gasteiger partial charge in [0, 0.05) is 25.0 Å². The largest absolute Gasteiger partial charge is 0.480 e. The van der Waals surface area contributed by atoms with Crippen LogP contribution in [0.25, 0.3) is 0 Å². The average molecular weight is 284 g/mol. The molecule has 1 fully saturated rings. The van der Waals surface area contributed by atoms with E-state index in [0.717, 1.165) is 4.90 Å². The highest BCUT2D eigenvalue weighted by Gasteiger charge is 2.36. The molecule has 1 N–H and O–H groups in total. The minimum atomic E-state index is -1.21. The number of piperidine rings is 1. The smallest absolute Gasteiger partial charge is 0.327 e. The van der Waals surface area contributed by atoms with E-state index in [1.807, 2.05) is 0 Å². The van der Waals surface area contributed by atoms with Crippen molar-refractivity contribution in [3.63, 3.8) is 0 Å². The van der Waals surface area contributed by atoms with Crippen molar-refractivity contribution in [1.29, 1.82) is 0 Å². The lowest BCUT2D eigenvalue weighted by atomic mass is 10.0. The summed E-state index contributed by atoms with van der Waals surface area (Å²) in [6.45, 7) is 3.36. The second-order valence-corrected chi connectivity index (χ2v) is 4.78. The number of nitrogens with zero attached hydrogens (tertiary/aromatic N) is 2. The third-order valence-electron chi connectivity index (χ3n) is 2.77. The molecule has 0 aromatic carbocycles. The molecule has 0 aromatic heterocycles. The first-order chi connectivity index (χ1) is 9.01. The van der Waals surface area contributed by atoms with Crippen molar-refractivity contribution >= 4 is 36.3 Å². The minimum Gasteiger partial charge on any atom is -0.480 e. The Morgan fingerprint density at radius 2 is 2.11 bits per heavy atom. The second kappa shape index (κ2) is 7.08. The first kappa shape index (κ1) is 15.4. The van der Waals surface area contributed by atoms with Gasteiger partial charge in [-0.25, -0.2) is 4.79 Å². The van der Waals surface area contributed by atoms with Crippen molar-refractivity contribution in [1.82, 2.24) is 4.90 Å². The number of likely N-dealkylation sites (tertiary alicyclic amines) is 1. The maximum absolute atomic E-state index is 11.7. The molecule has 0 aromatic rings. The zero-order valence-electron chi connectivity index (χ0n) is 10.7. The third-order valence-corrected chi connectivity index (χ3v) is 3.28. The van der Waals surface area contributed by atoms with E-state index in [4.69, 9.17) is 0 Å². The van der Waals surface area contributed by atoms with Crippen LogP contribution in [0.3, 0.4) is 0 Å². The highest BCUT2D eigenvalue weighted by Crippen LogP contribution is 2.21. The summed E-state index contributed by atoms with van der Waals surface area (Å²) < 4.78 is 0. The van der Waals surface area contributed by atoms with E-state index in [1.165, 1.54) is 11.8 Å². The number of carbonyl (C=O) groups excluding carboxylic acids is 2. The van der Waals surface area contributed by atoms with Crippen molar-refractivity contribution in [3.8, 4) is 0 Å². The molecule has 0 aliphatic carbocycles. The van der Waals surface area contributed by atoms with Crippen molar-refractivity contribution in [2.75, 3.05) is 6.26 Å². The van der Waals surface area contributed by atoms with Gasteiger partial charge in [0.2, 0.25) is 11.8 Å². The van der Waals surface area contributed by atoms with Crippen LogP contribution in [-0.2, 0) is 14.4 Å². The van der Waals surface area contributed by atoms with Gasteiger partial charge in [0.05, 0.1) is 0 Å². The number of carbonyl (C=O) groups is 3. The number of hydrogen-bond acceptors (Lipinski definition) is 5. The van der Waals surface area contributed by atoms with Gasteiger partial charge < -0.3 is 5.11 Å². The van der Waals surface area contributed by atoms with E-state index in [-0.39, 0.29) is 19.3 Å². The summed E-state index contributed by atoms with van der Waals surface area (Å²) in [5.74, 6) is -2.08. The number of carboxylic acid groups (broad SMARTS) is 1. The van der Waals surface area contributed by atoms with E-state index in [0.29, 0.717) is 12.1 Å². The zero-order valence-corrected chi connectivity index (χ0v) is 11.5. The Hall–Kier alpha value is -1.63. The molecule has 1 rings (SSSR count). The van der Waals surface area contributed by atoms with Gasteiger partial charge in [-0.2, -0.15) is 0 Å². The Morgan fingerprint density at radius 3 is 2.53 bits per heavy atom. The third kappa shape index (κ3) is 3.92. The molecule has 104 valence electrons. The molecule has 1 aliphatic rings. The van der Waals surface area contributed by atoms with Crippen molar-refractivity contribution in [2.45, 2.75) is 31.7 Å². The minimum absolute atomic E-state index is 0.0167. The fourth-order valence-corrected chi connectivity index (χ4v) is 2.33. The molecule has 1 aliphatic heterocycles. The molecule has 1 saturated heterocycles. The average Bonchev–Trinajstić information content (AvgIpc) is 2.35. The lowest BCUT2D eigenvalue weighted by Crippen LogP contribution is -2.50. The Balaban J connectivity index is 2.96. The summed E-state index contributed by atoms with van der Waals surface area (Å²) in [6, 6.07) is -1.20. The number of amides is 2. The standard InChI is InChI=1S/C12H16N2O4S/c1-13-8(7-19-2)6-9(12(17)18)14-10(15)4-3-5-11(14)16/h7,9H,1,3-6H2,2H3,(H,17,18)/b8-7-. The zero-order chi connectivity index (χ0) is 14.4. The molecule has 19 heavy (non-hydrogen) atoms. The fraction of sp³-hybridized carbons (Fsp3) is 0.500. The number of thioether (sulfide) groups is 1. The second-order valence-electron chi connectivity index (χ2n) is 4.07. The van der Waals surface area contributed by atoms with Crippen LogP contribution < -0.4 is 0 Å². The molecular weight excluding hydrogens is 268 g/mol. The topological polar surface area (TPSA) is 87.0 Å². The molecule has 0 spiro atoms. The van der Waals surface area contributed by atoms with Gasteiger partial charge in [0.15, 0.2) is 0 Å². The number of rotatable bonds is 6. The number of imide groups is 1. The molecule has 0 saturated carbocycles. The maximum atomic E-state index is 11.7. The molecule has 0 bridgehead atoms. The number of carboxylic acids is 1. The Labute approximate surface area is 115 Å². The first-order valence-corrected chi connectivity index (χ1v) is 7.06. The van der Waals surface area contributed by atoms with Gasteiger partial charge in [-0.3, -0.25) is 19.5 Å². The van der Waals surface area contributed by atoms with Crippen LogP contribution in [0.15, 0.2) is 16.1 Å². The quantitative estimate of drug-likeness (QED) is 0.586. The highest BCUT2D eigenvalue weighted by atomic mass is 32.2. The summed E-state index contributed by atoms with van der Waals surface area (Å²) in [6.07, 6.45) is 2.68. The molecule has 1 unspecified atom stereocenters. The molecular formula is C12H16N2O4S. The predicted molar refractivity (Wildman–Crippen MR) is 72.9 cm³/mol. The van der Waals surface area contributed by atoms with Gasteiger partial charge in [0.1, 0.15) is 6.04 Å². The molecule has 7 heteroatoms. The predicted octanol–water partition coefficient (Wildman–Crippen LogP) is 1.27. The lowest BCUT2D eigenvalue weighted by molar-refractivity contribution is -0.160. The van der Waals surface area contributed by atoms with Crippen LogP contribution in [-0.4, -0.2) is 46.8 Å². The first-order valence-electron chi connectivity index (χ1n) is 5.77. The van der Waals surface area contributed by atoms with Crippen molar-refractivity contribution < 1.29 is 19.5 Å². The lowest BCUT2D eigenvalue weighted by Gasteiger charge is -2.30. The van der Waals surface area contributed by atoms with Gasteiger partial charge in [-0.05, 0) is 24.8 Å². The summed E-state index contributed by atoms with van der Waals surface area (Å²) in [5, 5.41) is 10.9. The van der Waals surface area contributed by atoms with E-state index in [1.54, 1.807) is 11.7 Å². The molecule has 2 amide bonds. The summed E-state index contributed by atoms with van der Waals surface area (Å²) in [5.41, 5.74) is 0.450. The van der Waals surface area contributed by atoms with Crippen LogP contribution in [0.4, 0.5) is 0 Å². The maximum Gasteiger partial charge on any atom is 0.327 e. The van der Waals surface area contributed by atoms with E-state index in [9.17, 15) is 19.5 Å². The van der Waals surface area contributed by atoms with Crippen LogP contribution >= 0.6 is 11.8 Å². The summed E-state index contributed by atoms with van der Waals surface area (Å²) in [4.78, 5) is 39.4. The molecule has 0 radical (unpaired) electrons. The van der Waals surface area contributed by atoms with E-state index in [2.05, 4.69) is 11.7 Å². The number of aliphatic carboxylic acids is 1. The highest BCUT2D eigenvalue weighted by molar-refractivity contribution is 8.01. The Bertz CT molecular complexity index is 417. The molecule has 1 heterocycles. The van der Waals surface area contributed by atoms with Crippen molar-refractivity contribution in [3.05, 3.63) is 11.1 Å². The fourth-order valence-electron chi connectivity index (χ4n) is 1.89. The van der Waals surface area contributed by atoms with E-state index >= 15 is 0 Å². The van der Waals surface area contributed by atoms with E-state index < -0.39 is 23.8 Å². The monoisotopic (exact) mass is 284 g/mol. The Morgan fingerprint density at radius 1 is 1.53 bits per heavy atom. The van der Waals surface area contributed by atoms with Crippen LogP contribution in [0.5, 0.6) is 0 Å². The SMILES string of the molecule is C=N/C(=C\SC)CC(C(=O)O)N1C(=O)CCCC1=O. The van der Waals surface area contributed by atoms with Gasteiger partial charge in [-0.1, -0.05) is 0 Å². The van der Waals surface area contributed by atoms with Crippen molar-refractivity contribution in [2.24, 2.45) is 4.99 Å². The van der Waals surface area contributed by atoms with Gasteiger partial charge in [-0.15, -0.1) is 11.8 Å². The van der Waals surface area contributed by atoms with Gasteiger partial charge in [0.25, 0.3) is 0 Å². The van der Waals surface area contributed by atoms with Gasteiger partial charge >= 0.3 is 5.97 Å². The normalized spacial score (nSPS) is 18.4.